The molecule has 10 nitrogen and oxygen atoms in total. The molecule has 1 atom stereocenters. The number of hydrogen-bond acceptors (Lipinski definition) is 10. The zero-order chi connectivity index (χ0) is 24.0. The minimum absolute atomic E-state index is 0.134. The number of amidine groups is 1. The fourth-order valence-electron chi connectivity index (χ4n) is 3.74. The quantitative estimate of drug-likeness (QED) is 0.348. The van der Waals surface area contributed by atoms with E-state index in [4.69, 9.17) is 9.47 Å². The summed E-state index contributed by atoms with van der Waals surface area (Å²) in [5.41, 5.74) is 1.74. The summed E-state index contributed by atoms with van der Waals surface area (Å²) in [6.07, 6.45) is 0.957. The van der Waals surface area contributed by atoms with Gasteiger partial charge in [0.05, 0.1) is 35.7 Å². The van der Waals surface area contributed by atoms with Crippen LogP contribution in [0.2, 0.25) is 0 Å². The molecule has 33 heavy (non-hydrogen) atoms. The van der Waals surface area contributed by atoms with E-state index in [0.717, 1.165) is 24.7 Å². The standard InChI is InChI=1S/C22H26N4O6S/c1-4-32-21(28)19-16(12-33-22-23-9-6-10-24-22)25-13(2)17(20(27)31-3)18(19)14-7-5-8-15(11-14)26(29)30/h5,7-8,11,18,25H,4,6,9-10,12H2,1-3H3,(H,23,24). The van der Waals surface area contributed by atoms with E-state index in [-0.39, 0.29) is 23.4 Å². The highest BCUT2D eigenvalue weighted by atomic mass is 32.2. The van der Waals surface area contributed by atoms with Gasteiger partial charge in [0.2, 0.25) is 0 Å². The molecular formula is C22H26N4O6S. The molecule has 0 fully saturated rings. The minimum atomic E-state index is -0.894. The van der Waals surface area contributed by atoms with Gasteiger partial charge < -0.3 is 20.1 Å². The highest BCUT2D eigenvalue weighted by molar-refractivity contribution is 8.14. The van der Waals surface area contributed by atoms with Gasteiger partial charge in [0, 0.05) is 42.4 Å². The smallest absolute Gasteiger partial charge is 0.336 e. The molecule has 0 aromatic heterocycles. The molecule has 2 aliphatic heterocycles. The number of methoxy groups -OCH3 is 1. The normalized spacial score (nSPS) is 18.2. The largest absolute Gasteiger partial charge is 0.466 e. The maximum atomic E-state index is 13.1. The number of nitro benzene ring substituents is 1. The van der Waals surface area contributed by atoms with Crippen molar-refractivity contribution in [3.05, 3.63) is 62.5 Å². The number of aliphatic imine (C=N–C) groups is 1. The molecule has 2 aliphatic rings. The molecule has 0 bridgehead atoms. The summed E-state index contributed by atoms with van der Waals surface area (Å²) in [7, 11) is 1.25. The first-order valence-electron chi connectivity index (χ1n) is 10.5. The van der Waals surface area contributed by atoms with Crippen LogP contribution in [-0.4, -0.2) is 54.6 Å². The molecule has 11 heteroatoms. The van der Waals surface area contributed by atoms with Crippen LogP contribution in [0.15, 0.2) is 51.8 Å². The van der Waals surface area contributed by atoms with Gasteiger partial charge in [-0.1, -0.05) is 23.9 Å². The summed E-state index contributed by atoms with van der Waals surface area (Å²) in [6, 6.07) is 5.90. The van der Waals surface area contributed by atoms with Gasteiger partial charge in [0.1, 0.15) is 0 Å². The van der Waals surface area contributed by atoms with Crippen LogP contribution in [0.4, 0.5) is 5.69 Å². The Hall–Kier alpha value is -3.34. The number of nitrogens with one attached hydrogen (secondary N) is 2. The number of thioether (sulfide) groups is 1. The third kappa shape index (κ3) is 5.54. The van der Waals surface area contributed by atoms with Gasteiger partial charge >= 0.3 is 11.9 Å². The Morgan fingerprint density at radius 3 is 2.73 bits per heavy atom. The molecule has 1 unspecified atom stereocenters. The molecule has 1 aromatic carbocycles. The Morgan fingerprint density at radius 2 is 2.09 bits per heavy atom. The van der Waals surface area contributed by atoms with E-state index < -0.39 is 22.8 Å². The highest BCUT2D eigenvalue weighted by Crippen LogP contribution is 2.40. The molecule has 0 amide bonds. The van der Waals surface area contributed by atoms with Crippen molar-refractivity contribution in [2.75, 3.05) is 32.6 Å². The molecular weight excluding hydrogens is 448 g/mol. The zero-order valence-electron chi connectivity index (χ0n) is 18.7. The van der Waals surface area contributed by atoms with Gasteiger partial charge in [-0.25, -0.2) is 9.59 Å². The molecule has 0 aliphatic carbocycles. The fraction of sp³-hybridized carbons (Fsp3) is 0.409. The summed E-state index contributed by atoms with van der Waals surface area (Å²) in [5.74, 6) is -1.78. The number of dihydropyridines is 1. The number of ether oxygens (including phenoxy) is 2. The number of hydrogen-bond donors (Lipinski definition) is 2. The van der Waals surface area contributed by atoms with Gasteiger partial charge in [-0.2, -0.15) is 0 Å². The molecule has 2 N–H and O–H groups in total. The van der Waals surface area contributed by atoms with Crippen LogP contribution in [-0.2, 0) is 19.1 Å². The molecule has 2 heterocycles. The molecule has 0 saturated carbocycles. The van der Waals surface area contributed by atoms with Crippen LogP contribution < -0.4 is 10.6 Å². The van der Waals surface area contributed by atoms with Crippen LogP contribution in [0.1, 0.15) is 31.7 Å². The topological polar surface area (TPSA) is 132 Å². The van der Waals surface area contributed by atoms with Crippen LogP contribution in [0, 0.1) is 10.1 Å². The second-order valence-electron chi connectivity index (χ2n) is 7.31. The van der Waals surface area contributed by atoms with Crippen molar-refractivity contribution >= 4 is 34.6 Å². The Labute approximate surface area is 195 Å². The van der Waals surface area contributed by atoms with Crippen molar-refractivity contribution in [3.8, 4) is 0 Å². The molecule has 0 spiro atoms. The van der Waals surface area contributed by atoms with Crippen LogP contribution in [0.3, 0.4) is 0 Å². The van der Waals surface area contributed by atoms with Gasteiger partial charge in [-0.3, -0.25) is 15.1 Å². The number of carbonyl (C=O) groups is 2. The van der Waals surface area contributed by atoms with Crippen LogP contribution in [0.25, 0.3) is 0 Å². The number of rotatable bonds is 7. The van der Waals surface area contributed by atoms with E-state index in [1.54, 1.807) is 19.9 Å². The summed E-state index contributed by atoms with van der Waals surface area (Å²) in [4.78, 5) is 41.2. The van der Waals surface area contributed by atoms with Gasteiger partial charge in [-0.05, 0) is 25.8 Å². The number of benzene rings is 1. The van der Waals surface area contributed by atoms with Gasteiger partial charge in [0.25, 0.3) is 5.69 Å². The molecule has 0 saturated heterocycles. The first-order chi connectivity index (χ1) is 15.9. The monoisotopic (exact) mass is 474 g/mol. The van der Waals surface area contributed by atoms with Crippen molar-refractivity contribution < 1.29 is 24.0 Å². The van der Waals surface area contributed by atoms with E-state index in [0.29, 0.717) is 22.7 Å². The van der Waals surface area contributed by atoms with E-state index in [1.807, 2.05) is 0 Å². The number of nitro groups is 1. The Kier molecular flexibility index (Phi) is 8.10. The lowest BCUT2D eigenvalue weighted by Crippen LogP contribution is -2.34. The predicted octanol–water partition coefficient (Wildman–Crippen LogP) is 2.63. The first-order valence-corrected chi connectivity index (χ1v) is 11.5. The first kappa shape index (κ1) is 24.3. The summed E-state index contributed by atoms with van der Waals surface area (Å²) in [6.45, 7) is 5.09. The van der Waals surface area contributed by atoms with Gasteiger partial charge in [0.15, 0.2) is 5.17 Å². The average molecular weight is 475 g/mol. The lowest BCUT2D eigenvalue weighted by molar-refractivity contribution is -0.384. The van der Waals surface area contributed by atoms with E-state index in [2.05, 4.69) is 15.6 Å². The number of nitrogens with zero attached hydrogens (tertiary/aromatic N) is 2. The summed E-state index contributed by atoms with van der Waals surface area (Å²) in [5, 5.41) is 18.6. The van der Waals surface area contributed by atoms with Crippen molar-refractivity contribution in [2.24, 2.45) is 4.99 Å². The number of esters is 2. The maximum Gasteiger partial charge on any atom is 0.336 e. The highest BCUT2D eigenvalue weighted by Gasteiger charge is 2.39. The van der Waals surface area contributed by atoms with E-state index in [9.17, 15) is 19.7 Å². The van der Waals surface area contributed by atoms with E-state index >= 15 is 0 Å². The minimum Gasteiger partial charge on any atom is -0.466 e. The fourth-order valence-corrected chi connectivity index (χ4v) is 4.64. The van der Waals surface area contributed by atoms with Crippen LogP contribution >= 0.6 is 11.8 Å². The van der Waals surface area contributed by atoms with Crippen molar-refractivity contribution in [1.29, 1.82) is 0 Å². The lowest BCUT2D eigenvalue weighted by atomic mass is 9.80. The summed E-state index contributed by atoms with van der Waals surface area (Å²) < 4.78 is 10.3. The SMILES string of the molecule is CCOC(=O)C1=C(CSC2=NCCCN2)NC(C)=C(C(=O)OC)C1c1cccc([N+](=O)[O-])c1. The molecule has 3 rings (SSSR count). The Morgan fingerprint density at radius 1 is 1.30 bits per heavy atom. The average Bonchev–Trinajstić information content (AvgIpc) is 2.82. The van der Waals surface area contributed by atoms with Gasteiger partial charge in [-0.15, -0.1) is 0 Å². The van der Waals surface area contributed by atoms with Crippen molar-refractivity contribution in [2.45, 2.75) is 26.2 Å². The Bertz CT molecular complexity index is 1050. The second-order valence-corrected chi connectivity index (χ2v) is 8.27. The molecule has 1 aromatic rings. The molecule has 176 valence electrons. The maximum absolute atomic E-state index is 13.1. The second kappa shape index (κ2) is 11.0. The number of non-ortho nitro benzene ring substituents is 1. The number of carbonyl (C=O) groups excluding carboxylic acids is 2. The van der Waals surface area contributed by atoms with Crippen LogP contribution in [0.5, 0.6) is 0 Å². The predicted molar refractivity (Wildman–Crippen MR) is 125 cm³/mol. The third-order valence-corrected chi connectivity index (χ3v) is 6.16. The van der Waals surface area contributed by atoms with E-state index in [1.165, 1.54) is 37.1 Å². The third-order valence-electron chi connectivity index (χ3n) is 5.18. The number of allylic oxidation sites excluding steroid dienone is 1. The Balaban J connectivity index is 2.13. The zero-order valence-corrected chi connectivity index (χ0v) is 19.5. The van der Waals surface area contributed by atoms with Crippen molar-refractivity contribution in [3.63, 3.8) is 0 Å². The summed E-state index contributed by atoms with van der Waals surface area (Å²) >= 11 is 1.43. The lowest BCUT2D eigenvalue weighted by Gasteiger charge is -2.31. The van der Waals surface area contributed by atoms with Crippen molar-refractivity contribution in [1.82, 2.24) is 10.6 Å². The molecule has 0 radical (unpaired) electrons.